The van der Waals surface area contributed by atoms with Crippen molar-refractivity contribution in [3.8, 4) is 0 Å². The fourth-order valence-corrected chi connectivity index (χ4v) is 16.3. The maximum Gasteiger partial charge on any atom is 0.472 e. The van der Waals surface area contributed by atoms with Gasteiger partial charge in [0.25, 0.3) is 0 Å². The Hall–Kier alpha value is -1.94. The predicted octanol–water partition coefficient (Wildman–Crippen LogP) is 29.1. The van der Waals surface area contributed by atoms with Crippen LogP contribution in [0.4, 0.5) is 0 Å². The molecule has 0 rings (SSSR count). The number of carbonyl (C=O) groups is 4. The second-order valence-corrected chi connectivity index (χ2v) is 36.6. The van der Waals surface area contributed by atoms with E-state index < -0.39 is 97.5 Å². The smallest absolute Gasteiger partial charge is 0.462 e. The molecule has 3 unspecified atom stereocenters. The summed E-state index contributed by atoms with van der Waals surface area (Å²) in [5.74, 6) is -1.36. The molecular formula is C93H182O17P2. The van der Waals surface area contributed by atoms with Crippen LogP contribution in [-0.4, -0.2) is 96.7 Å². The zero-order chi connectivity index (χ0) is 81.8. The molecule has 0 bridgehead atoms. The van der Waals surface area contributed by atoms with Crippen molar-refractivity contribution < 1.29 is 80.2 Å². The van der Waals surface area contributed by atoms with Crippen LogP contribution < -0.4 is 0 Å². The van der Waals surface area contributed by atoms with E-state index in [0.717, 1.165) is 102 Å². The lowest BCUT2D eigenvalue weighted by Gasteiger charge is -2.21. The molecule has 112 heavy (non-hydrogen) atoms. The molecule has 19 heteroatoms. The first kappa shape index (κ1) is 110. The highest BCUT2D eigenvalue weighted by Gasteiger charge is 2.31. The van der Waals surface area contributed by atoms with E-state index >= 15 is 0 Å². The van der Waals surface area contributed by atoms with E-state index in [2.05, 4.69) is 34.6 Å². The maximum absolute atomic E-state index is 13.2. The van der Waals surface area contributed by atoms with Crippen molar-refractivity contribution in [2.75, 3.05) is 39.6 Å². The third-order valence-electron chi connectivity index (χ3n) is 22.4. The van der Waals surface area contributed by atoms with Gasteiger partial charge in [-0.1, -0.05) is 458 Å². The number of esters is 4. The summed E-state index contributed by atoms with van der Waals surface area (Å²) in [5.41, 5.74) is 0. The van der Waals surface area contributed by atoms with Gasteiger partial charge >= 0.3 is 39.5 Å². The van der Waals surface area contributed by atoms with Crippen LogP contribution in [0.2, 0.25) is 0 Å². The SMILES string of the molecule is CCCCCCCCCCCCCCCCCCCCCCCCC(=O)OC[C@H](COP(=O)(O)OC[C@@H](O)COP(=O)(O)OC[C@@H](COC(=O)CCCCCCCCC(C)CC)OC(=O)CCCCCCCCCCCCCCCCCCCC)OC(=O)CCCCCCCCCCCCCCCCCCCCCCCC. The monoisotopic (exact) mass is 1630 g/mol. The molecule has 17 nitrogen and oxygen atoms in total. The van der Waals surface area contributed by atoms with Crippen molar-refractivity contribution in [1.82, 2.24) is 0 Å². The summed E-state index contributed by atoms with van der Waals surface area (Å²) < 4.78 is 69.1. The van der Waals surface area contributed by atoms with Gasteiger partial charge in [0.15, 0.2) is 12.2 Å². The first-order chi connectivity index (χ1) is 54.6. The molecule has 666 valence electrons. The van der Waals surface area contributed by atoms with E-state index in [4.69, 9.17) is 37.0 Å². The molecule has 0 aliphatic heterocycles. The maximum atomic E-state index is 13.2. The standard InChI is InChI=1S/C93H182O17P2/c1-6-10-13-16-19-22-25-28-31-34-37-39-41-43-46-48-51-54-57-60-66-71-76-90(95)103-82-88(109-92(97)78-73-69-62-59-56-53-50-47-44-42-40-38-35-32-29-26-23-20-17-14-11-7-2)84-107-111(99,100)105-80-87(94)81-106-112(101,102)108-85-89(83-104-91(96)77-72-67-64-63-65-70-75-86(5)9-4)110-93(98)79-74-68-61-58-55-52-49-45-36-33-30-27-24-21-18-15-12-8-3/h86-89,94H,6-85H2,1-5H3,(H,99,100)(H,101,102)/t86?,87-,88-,89-/m1/s1. The van der Waals surface area contributed by atoms with E-state index in [-0.39, 0.29) is 25.7 Å². The zero-order valence-electron chi connectivity index (χ0n) is 73.8. The second kappa shape index (κ2) is 85.5. The van der Waals surface area contributed by atoms with E-state index in [1.54, 1.807) is 0 Å². The first-order valence-corrected chi connectivity index (χ1v) is 51.2. The van der Waals surface area contributed by atoms with Gasteiger partial charge in [-0.3, -0.25) is 37.3 Å². The number of unbranched alkanes of at least 4 members (excludes halogenated alkanes) is 64. The number of aliphatic hydroxyl groups is 1. The van der Waals surface area contributed by atoms with Crippen LogP contribution in [0.5, 0.6) is 0 Å². The lowest BCUT2D eigenvalue weighted by atomic mass is 10.00. The number of carbonyl (C=O) groups excluding carboxylic acids is 4. The van der Waals surface area contributed by atoms with Gasteiger partial charge in [-0.25, -0.2) is 9.13 Å². The lowest BCUT2D eigenvalue weighted by Crippen LogP contribution is -2.30. The molecule has 0 saturated heterocycles. The van der Waals surface area contributed by atoms with E-state index in [1.807, 2.05) is 0 Å². The molecule has 0 heterocycles. The summed E-state index contributed by atoms with van der Waals surface area (Å²) >= 11 is 0. The van der Waals surface area contributed by atoms with Gasteiger partial charge in [0.1, 0.15) is 19.3 Å². The Morgan fingerprint density at radius 2 is 0.429 bits per heavy atom. The van der Waals surface area contributed by atoms with Crippen LogP contribution in [0.1, 0.15) is 510 Å². The highest BCUT2D eigenvalue weighted by atomic mass is 31.2. The van der Waals surface area contributed by atoms with Crippen molar-refractivity contribution in [2.45, 2.75) is 528 Å². The zero-order valence-corrected chi connectivity index (χ0v) is 75.6. The second-order valence-electron chi connectivity index (χ2n) is 33.6. The average molecular weight is 1630 g/mol. The van der Waals surface area contributed by atoms with Crippen LogP contribution in [0, 0.1) is 5.92 Å². The molecule has 0 radical (unpaired) electrons. The normalized spacial score (nSPS) is 13.9. The molecule has 6 atom stereocenters. The van der Waals surface area contributed by atoms with Crippen molar-refractivity contribution in [1.29, 1.82) is 0 Å². The van der Waals surface area contributed by atoms with Gasteiger partial charge in [0.2, 0.25) is 0 Å². The molecule has 0 aromatic rings. The summed E-state index contributed by atoms with van der Waals surface area (Å²) in [4.78, 5) is 73.4. The predicted molar refractivity (Wildman–Crippen MR) is 465 cm³/mol. The molecular weight excluding hydrogens is 1450 g/mol. The Balaban J connectivity index is 5.20. The van der Waals surface area contributed by atoms with Crippen molar-refractivity contribution >= 4 is 39.5 Å². The minimum absolute atomic E-state index is 0.108. The Morgan fingerprint density at radius 1 is 0.250 bits per heavy atom. The fraction of sp³-hybridized carbons (Fsp3) is 0.957. The molecule has 0 aliphatic rings. The van der Waals surface area contributed by atoms with Gasteiger partial charge in [-0.15, -0.1) is 0 Å². The largest absolute Gasteiger partial charge is 0.472 e. The highest BCUT2D eigenvalue weighted by Crippen LogP contribution is 2.45. The molecule has 0 fully saturated rings. The quantitative estimate of drug-likeness (QED) is 0.0222. The van der Waals surface area contributed by atoms with Crippen LogP contribution >= 0.6 is 15.6 Å². The Kier molecular flexibility index (Phi) is 84.0. The molecule has 0 aromatic heterocycles. The van der Waals surface area contributed by atoms with E-state index in [9.17, 15) is 43.2 Å². The fourth-order valence-electron chi connectivity index (χ4n) is 14.7. The number of phosphoric ester groups is 2. The summed E-state index contributed by atoms with van der Waals surface area (Å²) in [6, 6.07) is 0. The summed E-state index contributed by atoms with van der Waals surface area (Å²) in [5, 5.41) is 10.7. The number of rotatable bonds is 93. The number of aliphatic hydroxyl groups excluding tert-OH is 1. The molecule has 0 amide bonds. The molecule has 0 aliphatic carbocycles. The number of phosphoric acid groups is 2. The minimum Gasteiger partial charge on any atom is -0.462 e. The Morgan fingerprint density at radius 3 is 0.634 bits per heavy atom. The highest BCUT2D eigenvalue weighted by molar-refractivity contribution is 7.47. The lowest BCUT2D eigenvalue weighted by molar-refractivity contribution is -0.161. The van der Waals surface area contributed by atoms with Crippen molar-refractivity contribution in [3.05, 3.63) is 0 Å². The Labute approximate surface area is 689 Å². The van der Waals surface area contributed by atoms with Gasteiger partial charge in [-0.05, 0) is 31.6 Å². The first-order valence-electron chi connectivity index (χ1n) is 48.2. The summed E-state index contributed by atoms with van der Waals surface area (Å²) in [6.45, 7) is 7.36. The third kappa shape index (κ3) is 84.5. The summed E-state index contributed by atoms with van der Waals surface area (Å²) in [7, 11) is -9.94. The number of ether oxygens (including phenoxy) is 4. The minimum atomic E-state index is -4.97. The number of hydrogen-bond acceptors (Lipinski definition) is 15. The van der Waals surface area contributed by atoms with Gasteiger partial charge < -0.3 is 33.8 Å². The van der Waals surface area contributed by atoms with Gasteiger partial charge in [0, 0.05) is 25.7 Å². The van der Waals surface area contributed by atoms with Crippen molar-refractivity contribution in [3.63, 3.8) is 0 Å². The third-order valence-corrected chi connectivity index (χ3v) is 24.3. The van der Waals surface area contributed by atoms with E-state index in [1.165, 1.54) is 327 Å². The average Bonchev–Trinajstić information content (AvgIpc) is 0.898. The Bertz CT molecular complexity index is 2120. The van der Waals surface area contributed by atoms with Gasteiger partial charge in [-0.2, -0.15) is 0 Å². The van der Waals surface area contributed by atoms with Crippen LogP contribution in [0.15, 0.2) is 0 Å². The van der Waals surface area contributed by atoms with Gasteiger partial charge in [0.05, 0.1) is 26.4 Å². The summed E-state index contributed by atoms with van der Waals surface area (Å²) in [6.07, 6.45) is 82.3. The van der Waals surface area contributed by atoms with E-state index in [0.29, 0.717) is 25.7 Å². The van der Waals surface area contributed by atoms with Crippen LogP contribution in [0.25, 0.3) is 0 Å². The topological polar surface area (TPSA) is 237 Å². The van der Waals surface area contributed by atoms with Crippen LogP contribution in [0.3, 0.4) is 0 Å². The van der Waals surface area contributed by atoms with Crippen molar-refractivity contribution in [2.24, 2.45) is 5.92 Å². The molecule has 0 saturated carbocycles. The molecule has 0 aromatic carbocycles. The number of hydrogen-bond donors (Lipinski definition) is 3. The van der Waals surface area contributed by atoms with Crippen LogP contribution in [-0.2, 0) is 65.4 Å². The molecule has 3 N–H and O–H groups in total. The molecule has 0 spiro atoms.